The summed E-state index contributed by atoms with van der Waals surface area (Å²) in [5.74, 6) is 2.23. The van der Waals surface area contributed by atoms with E-state index in [-0.39, 0.29) is 0 Å². The molecule has 2 aromatic rings. The molecule has 0 atom stereocenters. The first-order chi connectivity index (χ1) is 11.8. The van der Waals surface area contributed by atoms with E-state index in [1.807, 2.05) is 0 Å². The van der Waals surface area contributed by atoms with Gasteiger partial charge in [-0.05, 0) is 38.1 Å². The van der Waals surface area contributed by atoms with Crippen molar-refractivity contribution in [1.82, 2.24) is 0 Å². The number of hydrogen-bond donors (Lipinski definition) is 0. The van der Waals surface area contributed by atoms with Crippen molar-refractivity contribution in [2.24, 2.45) is 0 Å². The van der Waals surface area contributed by atoms with Gasteiger partial charge in [-0.2, -0.15) is 0 Å². The van der Waals surface area contributed by atoms with Crippen LogP contribution in [0.3, 0.4) is 0 Å². The standard InChI is InChI=1S/C19H19O5P/c1-4-19(2,3)22-18(20)15-25(21,23-16-11-7-5-8-12-16)24-17-13-9-6-10-14-17/h1,5-14H,15H2,2-3H3. The zero-order chi connectivity index (χ0) is 18.3. The van der Waals surface area contributed by atoms with Crippen LogP contribution < -0.4 is 9.05 Å². The molecular weight excluding hydrogens is 339 g/mol. The van der Waals surface area contributed by atoms with Crippen LogP contribution in [-0.2, 0) is 14.1 Å². The van der Waals surface area contributed by atoms with Crippen LogP contribution in [0.15, 0.2) is 60.7 Å². The molecule has 0 heterocycles. The third-order valence-corrected chi connectivity index (χ3v) is 4.64. The molecule has 0 fully saturated rings. The number of para-hydroxylation sites is 2. The van der Waals surface area contributed by atoms with E-state index in [2.05, 4.69) is 5.92 Å². The number of benzene rings is 2. The normalized spacial score (nSPS) is 11.2. The fourth-order valence-corrected chi connectivity index (χ4v) is 3.30. The van der Waals surface area contributed by atoms with Gasteiger partial charge in [-0.15, -0.1) is 6.42 Å². The minimum Gasteiger partial charge on any atom is -0.446 e. The predicted octanol–water partition coefficient (Wildman–Crippen LogP) is 4.29. The average molecular weight is 358 g/mol. The molecular formula is C19H19O5P. The number of carbonyl (C=O) groups is 1. The maximum Gasteiger partial charge on any atom is 0.441 e. The van der Waals surface area contributed by atoms with Gasteiger partial charge in [0.2, 0.25) is 0 Å². The monoisotopic (exact) mass is 358 g/mol. The first-order valence-corrected chi connectivity index (χ1v) is 9.33. The van der Waals surface area contributed by atoms with Gasteiger partial charge in [0.15, 0.2) is 11.8 Å². The molecule has 0 N–H and O–H groups in total. The Bertz CT molecular complexity index is 748. The lowest BCUT2D eigenvalue weighted by Gasteiger charge is -2.22. The summed E-state index contributed by atoms with van der Waals surface area (Å²) in [4.78, 5) is 12.2. The van der Waals surface area contributed by atoms with Gasteiger partial charge < -0.3 is 13.8 Å². The molecule has 0 aliphatic heterocycles. The van der Waals surface area contributed by atoms with Gasteiger partial charge >= 0.3 is 13.6 Å². The van der Waals surface area contributed by atoms with Crippen LogP contribution in [0.5, 0.6) is 11.5 Å². The van der Waals surface area contributed by atoms with Gasteiger partial charge in [-0.3, -0.25) is 4.79 Å². The summed E-state index contributed by atoms with van der Waals surface area (Å²) in [5, 5.41) is 0. The summed E-state index contributed by atoms with van der Waals surface area (Å²) < 4.78 is 29.3. The van der Waals surface area contributed by atoms with Crippen molar-refractivity contribution < 1.29 is 23.1 Å². The molecule has 0 saturated carbocycles. The summed E-state index contributed by atoms with van der Waals surface area (Å²) in [5.41, 5.74) is -1.11. The third-order valence-electron chi connectivity index (χ3n) is 3.01. The van der Waals surface area contributed by atoms with E-state index in [9.17, 15) is 9.36 Å². The lowest BCUT2D eigenvalue weighted by molar-refractivity contribution is -0.148. The summed E-state index contributed by atoms with van der Waals surface area (Å²) in [6.45, 7) is 3.12. The molecule has 0 saturated heterocycles. The van der Waals surface area contributed by atoms with Crippen LogP contribution in [0.25, 0.3) is 0 Å². The lowest BCUT2D eigenvalue weighted by Crippen LogP contribution is -2.28. The van der Waals surface area contributed by atoms with E-state index in [1.165, 1.54) is 0 Å². The first kappa shape index (κ1) is 18.6. The third kappa shape index (κ3) is 6.02. The summed E-state index contributed by atoms with van der Waals surface area (Å²) in [6.07, 6.45) is 4.74. The van der Waals surface area contributed by atoms with E-state index in [0.717, 1.165) is 0 Å². The Labute approximate surface area is 147 Å². The number of ether oxygens (including phenoxy) is 1. The van der Waals surface area contributed by atoms with Gasteiger partial charge in [0.1, 0.15) is 11.5 Å². The van der Waals surface area contributed by atoms with Crippen LogP contribution >= 0.6 is 7.60 Å². The van der Waals surface area contributed by atoms with Crippen molar-refractivity contribution in [2.75, 3.05) is 6.16 Å². The van der Waals surface area contributed by atoms with E-state index in [1.54, 1.807) is 74.5 Å². The second-order valence-corrected chi connectivity index (χ2v) is 7.61. The second kappa shape index (κ2) is 7.92. The Hall–Kier alpha value is -2.70. The average Bonchev–Trinajstić information content (AvgIpc) is 2.55. The van der Waals surface area contributed by atoms with E-state index in [4.69, 9.17) is 20.2 Å². The highest BCUT2D eigenvalue weighted by Gasteiger charge is 2.35. The van der Waals surface area contributed by atoms with Crippen molar-refractivity contribution >= 4 is 13.6 Å². The molecule has 0 spiro atoms. The first-order valence-electron chi connectivity index (χ1n) is 7.60. The number of hydrogen-bond acceptors (Lipinski definition) is 5. The quantitative estimate of drug-likeness (QED) is 0.420. The van der Waals surface area contributed by atoms with Gasteiger partial charge in [-0.1, -0.05) is 42.3 Å². The molecule has 0 unspecified atom stereocenters. The fraction of sp³-hybridized carbons (Fsp3) is 0.211. The van der Waals surface area contributed by atoms with Crippen LogP contribution in [-0.4, -0.2) is 17.7 Å². The molecule has 25 heavy (non-hydrogen) atoms. The molecule has 5 nitrogen and oxygen atoms in total. The Morgan fingerprint density at radius 1 is 1.00 bits per heavy atom. The number of terminal acetylenes is 1. The maximum atomic E-state index is 13.1. The number of rotatable bonds is 7. The van der Waals surface area contributed by atoms with E-state index >= 15 is 0 Å². The molecule has 0 aromatic heterocycles. The van der Waals surface area contributed by atoms with Gasteiger partial charge in [0.05, 0.1) is 0 Å². The summed E-state index contributed by atoms with van der Waals surface area (Å²) in [7, 11) is -3.86. The van der Waals surface area contributed by atoms with Crippen LogP contribution in [0.2, 0.25) is 0 Å². The highest BCUT2D eigenvalue weighted by Crippen LogP contribution is 2.48. The lowest BCUT2D eigenvalue weighted by atomic mass is 10.1. The molecule has 130 valence electrons. The van der Waals surface area contributed by atoms with Gasteiger partial charge in [0.25, 0.3) is 0 Å². The van der Waals surface area contributed by atoms with Gasteiger partial charge in [0, 0.05) is 0 Å². The number of esters is 1. The molecule has 2 aromatic carbocycles. The molecule has 2 rings (SSSR count). The molecule has 6 heteroatoms. The smallest absolute Gasteiger partial charge is 0.441 e. The molecule has 0 aliphatic carbocycles. The zero-order valence-electron chi connectivity index (χ0n) is 14.0. The maximum absolute atomic E-state index is 13.1. The molecule has 0 aliphatic rings. The van der Waals surface area contributed by atoms with E-state index in [0.29, 0.717) is 11.5 Å². The van der Waals surface area contributed by atoms with Crippen LogP contribution in [0, 0.1) is 12.3 Å². The SMILES string of the molecule is C#CC(C)(C)OC(=O)CP(=O)(Oc1ccccc1)Oc1ccccc1. The summed E-state index contributed by atoms with van der Waals surface area (Å²) >= 11 is 0. The summed E-state index contributed by atoms with van der Waals surface area (Å²) in [6, 6.07) is 17.0. The van der Waals surface area contributed by atoms with Crippen molar-refractivity contribution in [3.63, 3.8) is 0 Å². The van der Waals surface area contributed by atoms with Gasteiger partial charge in [-0.25, -0.2) is 4.57 Å². The van der Waals surface area contributed by atoms with Crippen molar-refractivity contribution in [3.8, 4) is 23.8 Å². The van der Waals surface area contributed by atoms with Crippen LogP contribution in [0.4, 0.5) is 0 Å². The van der Waals surface area contributed by atoms with Crippen molar-refractivity contribution in [1.29, 1.82) is 0 Å². The Morgan fingerprint density at radius 2 is 1.44 bits per heavy atom. The minimum atomic E-state index is -3.86. The molecule has 0 radical (unpaired) electrons. The highest BCUT2D eigenvalue weighted by molar-refractivity contribution is 7.55. The zero-order valence-corrected chi connectivity index (χ0v) is 14.9. The topological polar surface area (TPSA) is 61.8 Å². The van der Waals surface area contributed by atoms with Crippen molar-refractivity contribution in [3.05, 3.63) is 60.7 Å². The molecule has 0 bridgehead atoms. The second-order valence-electron chi connectivity index (χ2n) is 5.71. The predicted molar refractivity (Wildman–Crippen MR) is 95.6 cm³/mol. The Kier molecular flexibility index (Phi) is 5.90. The van der Waals surface area contributed by atoms with E-state index < -0.39 is 25.3 Å². The number of carbonyl (C=O) groups excluding carboxylic acids is 1. The van der Waals surface area contributed by atoms with Crippen LogP contribution in [0.1, 0.15) is 13.8 Å². The molecule has 0 amide bonds. The van der Waals surface area contributed by atoms with Crippen molar-refractivity contribution in [2.45, 2.75) is 19.4 Å². The Morgan fingerprint density at radius 3 is 1.84 bits per heavy atom. The fourth-order valence-electron chi connectivity index (χ4n) is 1.87. The minimum absolute atomic E-state index is 0.325. The largest absolute Gasteiger partial charge is 0.446 e. The highest BCUT2D eigenvalue weighted by atomic mass is 31.2. The Balaban J connectivity index is 2.21.